The van der Waals surface area contributed by atoms with Crippen molar-refractivity contribution in [3.63, 3.8) is 0 Å². The van der Waals surface area contributed by atoms with Crippen LogP contribution in [0.2, 0.25) is 0 Å². The first-order valence-corrected chi connectivity index (χ1v) is 8.23. The predicted octanol–water partition coefficient (Wildman–Crippen LogP) is 0.371. The molecule has 128 valence electrons. The maximum Gasteiger partial charge on any atom is 0.328 e. The number of aryl methyl sites for hydroxylation is 2. The lowest BCUT2D eigenvalue weighted by atomic mass is 10.2. The molecular weight excluding hydrogens is 306 g/mol. The third kappa shape index (κ3) is 3.73. The maximum atomic E-state index is 11.9. The van der Waals surface area contributed by atoms with E-state index in [1.165, 1.54) is 16.3 Å². The lowest BCUT2D eigenvalue weighted by Gasteiger charge is -2.36. The predicted molar refractivity (Wildman–Crippen MR) is 93.7 cm³/mol. The topological polar surface area (TPSA) is 74.2 Å². The van der Waals surface area contributed by atoms with Crippen molar-refractivity contribution in [3.8, 4) is 0 Å². The van der Waals surface area contributed by atoms with Crippen LogP contribution in [0.25, 0.3) is 0 Å². The summed E-state index contributed by atoms with van der Waals surface area (Å²) in [7, 11) is 0. The van der Waals surface area contributed by atoms with Crippen LogP contribution in [0.3, 0.4) is 0 Å². The average molecular weight is 329 g/mol. The van der Waals surface area contributed by atoms with Crippen LogP contribution in [0, 0.1) is 13.8 Å². The van der Waals surface area contributed by atoms with Gasteiger partial charge in [-0.15, -0.1) is 0 Å². The second-order valence-corrected chi connectivity index (χ2v) is 6.23. The third-order valence-electron chi connectivity index (χ3n) is 4.41. The van der Waals surface area contributed by atoms with Crippen molar-refractivity contribution in [2.24, 2.45) is 0 Å². The fourth-order valence-corrected chi connectivity index (χ4v) is 3.05. The number of nitrogens with one attached hydrogen (secondary N) is 1. The quantitative estimate of drug-likeness (QED) is 0.877. The van der Waals surface area contributed by atoms with Gasteiger partial charge in [0.2, 0.25) is 0 Å². The summed E-state index contributed by atoms with van der Waals surface area (Å²) in [6.07, 6.45) is 1.84. The molecule has 0 aliphatic carbocycles. The number of piperazine rings is 1. The molecule has 1 fully saturated rings. The number of nitrogens with zero attached hydrogens (tertiary/aromatic N) is 4. The molecule has 0 aromatic carbocycles. The molecule has 3 heterocycles. The van der Waals surface area contributed by atoms with Crippen LogP contribution < -0.4 is 16.1 Å². The zero-order valence-corrected chi connectivity index (χ0v) is 14.2. The normalized spacial score (nSPS) is 15.7. The lowest BCUT2D eigenvalue weighted by Crippen LogP contribution is -2.48. The van der Waals surface area contributed by atoms with Crippen molar-refractivity contribution >= 4 is 5.69 Å². The second-order valence-electron chi connectivity index (χ2n) is 6.23. The van der Waals surface area contributed by atoms with Gasteiger partial charge in [-0.25, -0.2) is 4.79 Å². The van der Waals surface area contributed by atoms with E-state index in [1.54, 1.807) is 6.92 Å². The van der Waals surface area contributed by atoms with Crippen LogP contribution in [-0.4, -0.2) is 52.2 Å². The Morgan fingerprint density at radius 2 is 1.83 bits per heavy atom. The van der Waals surface area contributed by atoms with Gasteiger partial charge in [0, 0.05) is 68.6 Å². The molecule has 2 aromatic heterocycles. The number of aromatic nitrogens is 3. The average Bonchev–Trinajstić information content (AvgIpc) is 2.54. The van der Waals surface area contributed by atoms with E-state index in [4.69, 9.17) is 0 Å². The molecule has 0 radical (unpaired) electrons. The van der Waals surface area contributed by atoms with Gasteiger partial charge in [0.1, 0.15) is 0 Å². The zero-order valence-electron chi connectivity index (χ0n) is 14.2. The number of rotatable bonds is 4. The smallest absolute Gasteiger partial charge is 0.328 e. The fourth-order valence-electron chi connectivity index (χ4n) is 3.05. The van der Waals surface area contributed by atoms with Crippen molar-refractivity contribution in [1.82, 2.24) is 19.4 Å². The molecule has 0 amide bonds. The number of pyridine rings is 1. The van der Waals surface area contributed by atoms with Crippen LogP contribution in [-0.2, 0) is 6.54 Å². The summed E-state index contributed by atoms with van der Waals surface area (Å²) in [5.41, 5.74) is 2.26. The Kier molecular flexibility index (Phi) is 4.80. The largest absolute Gasteiger partial charge is 0.369 e. The fraction of sp³-hybridized carbons (Fsp3) is 0.471. The maximum absolute atomic E-state index is 11.9. The molecule has 1 aliphatic heterocycles. The van der Waals surface area contributed by atoms with Gasteiger partial charge >= 0.3 is 5.69 Å². The van der Waals surface area contributed by atoms with Gasteiger partial charge in [-0.2, -0.15) is 0 Å². The van der Waals surface area contributed by atoms with Gasteiger partial charge in [-0.3, -0.25) is 19.2 Å². The van der Waals surface area contributed by atoms with E-state index >= 15 is 0 Å². The standard InChI is InChI=1S/C17H23N5O2/c1-13-11-15(3-4-18-13)21-8-5-20(6-9-21)7-10-22-16(23)12-14(2)19-17(22)24/h3-4,11-12H,5-10H2,1-2H3,(H,19,24). The SMILES string of the molecule is Cc1cc(N2CCN(CCn3c(=O)cc(C)[nH]c3=O)CC2)ccn1. The highest BCUT2D eigenvalue weighted by Crippen LogP contribution is 2.16. The van der Waals surface area contributed by atoms with Crippen molar-refractivity contribution in [2.45, 2.75) is 20.4 Å². The minimum Gasteiger partial charge on any atom is -0.369 e. The first kappa shape index (κ1) is 16.4. The molecule has 0 bridgehead atoms. The molecule has 1 aliphatic rings. The summed E-state index contributed by atoms with van der Waals surface area (Å²) in [4.78, 5) is 35.3. The molecule has 0 saturated carbocycles. The van der Waals surface area contributed by atoms with E-state index < -0.39 is 0 Å². The van der Waals surface area contributed by atoms with E-state index in [0.29, 0.717) is 18.8 Å². The highest BCUT2D eigenvalue weighted by atomic mass is 16.2. The van der Waals surface area contributed by atoms with E-state index in [2.05, 4.69) is 25.8 Å². The Labute approximate surface area is 140 Å². The number of anilines is 1. The minimum atomic E-state index is -0.328. The van der Waals surface area contributed by atoms with Crippen LogP contribution in [0.15, 0.2) is 34.0 Å². The zero-order chi connectivity index (χ0) is 17.1. The molecule has 1 saturated heterocycles. The Bertz CT molecular complexity index is 787. The summed E-state index contributed by atoms with van der Waals surface area (Å²) < 4.78 is 1.27. The molecule has 0 unspecified atom stereocenters. The Morgan fingerprint density at radius 1 is 1.08 bits per heavy atom. The Morgan fingerprint density at radius 3 is 2.50 bits per heavy atom. The number of hydrogen-bond donors (Lipinski definition) is 1. The highest BCUT2D eigenvalue weighted by molar-refractivity contribution is 5.46. The minimum absolute atomic E-state index is 0.234. The molecule has 24 heavy (non-hydrogen) atoms. The summed E-state index contributed by atoms with van der Waals surface area (Å²) in [6.45, 7) is 8.53. The third-order valence-corrected chi connectivity index (χ3v) is 4.41. The van der Waals surface area contributed by atoms with Crippen molar-refractivity contribution < 1.29 is 0 Å². The first-order chi connectivity index (χ1) is 11.5. The molecule has 7 nitrogen and oxygen atoms in total. The van der Waals surface area contributed by atoms with Crippen molar-refractivity contribution in [1.29, 1.82) is 0 Å². The summed E-state index contributed by atoms with van der Waals surface area (Å²) in [6, 6.07) is 5.60. The van der Waals surface area contributed by atoms with Gasteiger partial charge in [-0.05, 0) is 26.0 Å². The molecule has 7 heteroatoms. The number of aromatic amines is 1. The van der Waals surface area contributed by atoms with Crippen LogP contribution in [0.5, 0.6) is 0 Å². The van der Waals surface area contributed by atoms with Gasteiger partial charge in [0.05, 0.1) is 0 Å². The van der Waals surface area contributed by atoms with Crippen LogP contribution in [0.1, 0.15) is 11.4 Å². The molecule has 0 atom stereocenters. The molecule has 3 rings (SSSR count). The lowest BCUT2D eigenvalue weighted by molar-refractivity contribution is 0.245. The van der Waals surface area contributed by atoms with E-state index in [9.17, 15) is 9.59 Å². The van der Waals surface area contributed by atoms with Crippen molar-refractivity contribution in [3.05, 3.63) is 56.6 Å². The second kappa shape index (κ2) is 7.00. The van der Waals surface area contributed by atoms with Gasteiger partial charge in [0.25, 0.3) is 5.56 Å². The van der Waals surface area contributed by atoms with Gasteiger partial charge < -0.3 is 9.88 Å². The first-order valence-electron chi connectivity index (χ1n) is 8.23. The monoisotopic (exact) mass is 329 g/mol. The van der Waals surface area contributed by atoms with Gasteiger partial charge in [0.15, 0.2) is 0 Å². The molecule has 0 spiro atoms. The molecular formula is C17H23N5O2. The molecule has 2 aromatic rings. The highest BCUT2D eigenvalue weighted by Gasteiger charge is 2.17. The van der Waals surface area contributed by atoms with Crippen LogP contribution >= 0.6 is 0 Å². The van der Waals surface area contributed by atoms with Crippen LogP contribution in [0.4, 0.5) is 5.69 Å². The van der Waals surface area contributed by atoms with E-state index in [1.807, 2.05) is 19.2 Å². The number of hydrogen-bond acceptors (Lipinski definition) is 5. The summed E-state index contributed by atoms with van der Waals surface area (Å²) in [5, 5.41) is 0. The Hall–Kier alpha value is -2.41. The van der Waals surface area contributed by atoms with Gasteiger partial charge in [-0.1, -0.05) is 0 Å². The summed E-state index contributed by atoms with van der Waals surface area (Å²) in [5.74, 6) is 0. The van der Waals surface area contributed by atoms with Crippen molar-refractivity contribution in [2.75, 3.05) is 37.6 Å². The Balaban J connectivity index is 1.57. The number of H-pyrrole nitrogens is 1. The summed E-state index contributed by atoms with van der Waals surface area (Å²) >= 11 is 0. The molecule has 1 N–H and O–H groups in total. The van der Waals surface area contributed by atoms with E-state index in [0.717, 1.165) is 31.9 Å². The van der Waals surface area contributed by atoms with E-state index in [-0.39, 0.29) is 11.2 Å².